The van der Waals surface area contributed by atoms with Crippen LogP contribution in [0.25, 0.3) is 0 Å². The van der Waals surface area contributed by atoms with Crippen molar-refractivity contribution in [2.75, 3.05) is 45.2 Å². The van der Waals surface area contributed by atoms with Gasteiger partial charge in [-0.2, -0.15) is 0 Å². The van der Waals surface area contributed by atoms with E-state index in [1.54, 1.807) is 19.0 Å². The first kappa shape index (κ1) is 21.7. The van der Waals surface area contributed by atoms with Crippen LogP contribution in [0.1, 0.15) is 15.9 Å². The maximum absolute atomic E-state index is 12.6. The average molecular weight is 438 g/mol. The summed E-state index contributed by atoms with van der Waals surface area (Å²) in [7, 11) is 3.52. The van der Waals surface area contributed by atoms with Gasteiger partial charge in [-0.3, -0.25) is 9.69 Å². The fourth-order valence-electron chi connectivity index (χ4n) is 3.37. The monoisotopic (exact) mass is 437 g/mol. The summed E-state index contributed by atoms with van der Waals surface area (Å²) in [4.78, 5) is 16.6. The molecule has 1 atom stereocenters. The van der Waals surface area contributed by atoms with Crippen LogP contribution < -0.4 is 10.2 Å². The van der Waals surface area contributed by atoms with Gasteiger partial charge in [-0.25, -0.2) is 0 Å². The van der Waals surface area contributed by atoms with Crippen molar-refractivity contribution >= 4 is 34.8 Å². The number of aromatic hydroxyl groups is 1. The Morgan fingerprint density at radius 1 is 1.31 bits per heavy atom. The molecule has 0 radical (unpaired) electrons. The fourth-order valence-corrected chi connectivity index (χ4v) is 4.17. The van der Waals surface area contributed by atoms with Crippen molar-refractivity contribution in [3.05, 3.63) is 57.6 Å². The highest BCUT2D eigenvalue weighted by atomic mass is 35.5. The summed E-state index contributed by atoms with van der Waals surface area (Å²) >= 11 is 12.4. The normalized spacial score (nSPS) is 17.2. The van der Waals surface area contributed by atoms with Crippen LogP contribution in [0, 0.1) is 0 Å². The highest BCUT2D eigenvalue weighted by Crippen LogP contribution is 2.41. The van der Waals surface area contributed by atoms with Gasteiger partial charge < -0.3 is 20.1 Å². The molecule has 1 heterocycles. The van der Waals surface area contributed by atoms with E-state index in [1.165, 1.54) is 11.6 Å². The Labute approximate surface area is 181 Å². The number of morpholine rings is 1. The standard InChI is InChI=1S/C21H25Cl2N3O3/c1-25(2)19-17(22)10-16(20(27)18(19)23)21(28)24-11-15-13-26(8-9-29-15)12-14-6-4-3-5-7-14/h3-7,10,15,27H,8-9,11-13H2,1-2H3,(H,24,28). The molecule has 1 aliphatic rings. The first-order chi connectivity index (χ1) is 13.9. The summed E-state index contributed by atoms with van der Waals surface area (Å²) in [5.41, 5.74) is 1.75. The molecule has 1 unspecified atom stereocenters. The largest absolute Gasteiger partial charge is 0.505 e. The number of hydrogen-bond acceptors (Lipinski definition) is 5. The van der Waals surface area contributed by atoms with Crippen LogP contribution in [-0.4, -0.2) is 62.4 Å². The molecule has 1 saturated heterocycles. The Hall–Kier alpha value is -1.99. The number of amides is 1. The minimum atomic E-state index is -0.444. The number of benzene rings is 2. The van der Waals surface area contributed by atoms with E-state index < -0.39 is 5.91 Å². The van der Waals surface area contributed by atoms with Crippen molar-refractivity contribution in [2.24, 2.45) is 0 Å². The van der Waals surface area contributed by atoms with Gasteiger partial charge in [0.15, 0.2) is 0 Å². The van der Waals surface area contributed by atoms with E-state index >= 15 is 0 Å². The van der Waals surface area contributed by atoms with Crippen molar-refractivity contribution in [1.29, 1.82) is 0 Å². The lowest BCUT2D eigenvalue weighted by Gasteiger charge is -2.33. The molecular weight excluding hydrogens is 413 g/mol. The van der Waals surface area contributed by atoms with E-state index in [1.807, 2.05) is 18.2 Å². The molecule has 3 rings (SSSR count). The summed E-state index contributed by atoms with van der Waals surface area (Å²) < 4.78 is 5.78. The maximum Gasteiger partial charge on any atom is 0.255 e. The molecule has 1 aliphatic heterocycles. The van der Waals surface area contributed by atoms with E-state index in [9.17, 15) is 9.90 Å². The SMILES string of the molecule is CN(C)c1c(Cl)cc(C(=O)NCC2CN(Cc3ccccc3)CCO2)c(O)c1Cl. The predicted molar refractivity (Wildman–Crippen MR) is 116 cm³/mol. The van der Waals surface area contributed by atoms with Crippen LogP contribution >= 0.6 is 23.2 Å². The Balaban J connectivity index is 1.60. The number of hydrogen-bond donors (Lipinski definition) is 2. The predicted octanol–water partition coefficient (Wildman–Crippen LogP) is 3.40. The lowest BCUT2D eigenvalue weighted by Crippen LogP contribution is -2.47. The zero-order valence-corrected chi connectivity index (χ0v) is 18.0. The van der Waals surface area contributed by atoms with Crippen molar-refractivity contribution in [3.63, 3.8) is 0 Å². The number of phenols is 1. The number of ether oxygens (including phenoxy) is 1. The molecule has 29 heavy (non-hydrogen) atoms. The number of nitrogens with one attached hydrogen (secondary N) is 1. The third-order valence-corrected chi connectivity index (χ3v) is 5.47. The number of halogens is 2. The van der Waals surface area contributed by atoms with Gasteiger partial charge in [0.2, 0.25) is 0 Å². The molecule has 1 fully saturated rings. The zero-order valence-electron chi connectivity index (χ0n) is 16.5. The number of carbonyl (C=O) groups excluding carboxylic acids is 1. The molecule has 2 aromatic rings. The van der Waals surface area contributed by atoms with Crippen molar-refractivity contribution < 1.29 is 14.6 Å². The van der Waals surface area contributed by atoms with E-state index in [2.05, 4.69) is 22.3 Å². The van der Waals surface area contributed by atoms with Crippen LogP contribution in [0.2, 0.25) is 10.0 Å². The molecule has 0 aromatic heterocycles. The summed E-state index contributed by atoms with van der Waals surface area (Å²) in [5.74, 6) is -0.729. The number of phenolic OH excluding ortho intramolecular Hbond substituents is 1. The second kappa shape index (κ2) is 9.67. The van der Waals surface area contributed by atoms with Crippen LogP contribution in [0.15, 0.2) is 36.4 Å². The lowest BCUT2D eigenvalue weighted by atomic mass is 10.1. The summed E-state index contributed by atoms with van der Waals surface area (Å²) in [6.07, 6.45) is -0.134. The molecule has 8 heteroatoms. The van der Waals surface area contributed by atoms with Gasteiger partial charge in [0.25, 0.3) is 5.91 Å². The molecule has 2 aromatic carbocycles. The third kappa shape index (κ3) is 5.34. The molecule has 0 spiro atoms. The van der Waals surface area contributed by atoms with Gasteiger partial charge in [-0.1, -0.05) is 53.5 Å². The number of anilines is 1. The molecule has 6 nitrogen and oxygen atoms in total. The molecule has 1 amide bonds. The highest BCUT2D eigenvalue weighted by Gasteiger charge is 2.24. The fraction of sp³-hybridized carbons (Fsp3) is 0.381. The summed E-state index contributed by atoms with van der Waals surface area (Å²) in [6.45, 7) is 3.33. The van der Waals surface area contributed by atoms with E-state index in [0.29, 0.717) is 30.4 Å². The zero-order chi connectivity index (χ0) is 21.0. The van der Waals surface area contributed by atoms with Crippen molar-refractivity contribution in [2.45, 2.75) is 12.6 Å². The number of carbonyl (C=O) groups is 1. The number of nitrogens with zero attached hydrogens (tertiary/aromatic N) is 2. The van der Waals surface area contributed by atoms with Crippen LogP contribution in [-0.2, 0) is 11.3 Å². The van der Waals surface area contributed by atoms with Gasteiger partial charge in [0.05, 0.1) is 29.0 Å². The Kier molecular flexibility index (Phi) is 7.24. The molecule has 0 bridgehead atoms. The van der Waals surface area contributed by atoms with Gasteiger partial charge in [0, 0.05) is 40.3 Å². The topological polar surface area (TPSA) is 65.0 Å². The van der Waals surface area contributed by atoms with Crippen LogP contribution in [0.4, 0.5) is 5.69 Å². The van der Waals surface area contributed by atoms with E-state index in [-0.39, 0.29) is 22.4 Å². The van der Waals surface area contributed by atoms with E-state index in [4.69, 9.17) is 27.9 Å². The quantitative estimate of drug-likeness (QED) is 0.724. The Morgan fingerprint density at radius 3 is 2.72 bits per heavy atom. The molecule has 0 saturated carbocycles. The van der Waals surface area contributed by atoms with Crippen LogP contribution in [0.3, 0.4) is 0 Å². The third-order valence-electron chi connectivity index (χ3n) is 4.82. The first-order valence-corrected chi connectivity index (χ1v) is 10.2. The smallest absolute Gasteiger partial charge is 0.255 e. The van der Waals surface area contributed by atoms with Gasteiger partial charge >= 0.3 is 0 Å². The first-order valence-electron chi connectivity index (χ1n) is 9.41. The highest BCUT2D eigenvalue weighted by molar-refractivity contribution is 6.40. The molecule has 2 N–H and O–H groups in total. The Morgan fingerprint density at radius 2 is 2.03 bits per heavy atom. The van der Waals surface area contributed by atoms with Gasteiger partial charge in [0.1, 0.15) is 10.8 Å². The Bertz CT molecular complexity index is 862. The second-order valence-electron chi connectivity index (χ2n) is 7.24. The van der Waals surface area contributed by atoms with Gasteiger partial charge in [-0.15, -0.1) is 0 Å². The van der Waals surface area contributed by atoms with Crippen LogP contribution in [0.5, 0.6) is 5.75 Å². The average Bonchev–Trinajstić information content (AvgIpc) is 2.70. The second-order valence-corrected chi connectivity index (χ2v) is 8.02. The minimum Gasteiger partial charge on any atom is -0.505 e. The minimum absolute atomic E-state index is 0.0440. The van der Waals surface area contributed by atoms with E-state index in [0.717, 1.165) is 13.1 Å². The summed E-state index contributed by atoms with van der Waals surface area (Å²) in [5, 5.41) is 13.5. The van der Waals surface area contributed by atoms with Crippen molar-refractivity contribution in [3.8, 4) is 5.75 Å². The summed E-state index contributed by atoms with van der Waals surface area (Å²) in [6, 6.07) is 11.7. The molecular formula is C21H25Cl2N3O3. The number of rotatable bonds is 6. The lowest BCUT2D eigenvalue weighted by molar-refractivity contribution is -0.0292. The maximum atomic E-state index is 12.6. The molecule has 156 valence electrons. The van der Waals surface area contributed by atoms with Gasteiger partial charge in [-0.05, 0) is 11.6 Å². The molecule has 0 aliphatic carbocycles. The van der Waals surface area contributed by atoms with Crippen molar-refractivity contribution in [1.82, 2.24) is 10.2 Å².